The zero-order valence-electron chi connectivity index (χ0n) is 14.8. The summed E-state index contributed by atoms with van der Waals surface area (Å²) < 4.78 is 0. The molecule has 3 rings (SSSR count). The van der Waals surface area contributed by atoms with E-state index < -0.39 is 0 Å². The van der Waals surface area contributed by atoms with Crippen LogP contribution in [0.15, 0.2) is 71.0 Å². The molecule has 0 fully saturated rings. The van der Waals surface area contributed by atoms with E-state index in [0.29, 0.717) is 34.2 Å². The number of nitrogens with two attached hydrogens (primary N) is 1. The summed E-state index contributed by atoms with van der Waals surface area (Å²) in [6.07, 6.45) is 3.02. The summed E-state index contributed by atoms with van der Waals surface area (Å²) in [5.41, 5.74) is 8.82. The van der Waals surface area contributed by atoms with E-state index in [0.717, 1.165) is 0 Å². The summed E-state index contributed by atoms with van der Waals surface area (Å²) in [5.74, 6) is -0.278. The average Bonchev–Trinajstić information content (AvgIpc) is 2.67. The Labute approximate surface area is 166 Å². The summed E-state index contributed by atoms with van der Waals surface area (Å²) in [6, 6.07) is 11.6. The van der Waals surface area contributed by atoms with Gasteiger partial charge in [0.2, 0.25) is 5.78 Å². The number of aliphatic hydroxyl groups excluding tert-OH is 1. The molecular weight excluding hydrogens is 380 g/mol. The van der Waals surface area contributed by atoms with E-state index in [1.165, 1.54) is 18.2 Å². The Bertz CT molecular complexity index is 981. The molecule has 0 saturated carbocycles. The van der Waals surface area contributed by atoms with Crippen LogP contribution in [0.2, 0.25) is 5.02 Å². The van der Waals surface area contributed by atoms with Crippen molar-refractivity contribution >= 4 is 40.2 Å². The van der Waals surface area contributed by atoms with Gasteiger partial charge in [-0.3, -0.25) is 4.79 Å². The van der Waals surface area contributed by atoms with Gasteiger partial charge in [0.25, 0.3) is 0 Å². The maximum atomic E-state index is 12.5. The molecular formula is C20H19ClN4O3. The minimum atomic E-state index is -0.236. The highest BCUT2D eigenvalue weighted by molar-refractivity contribution is 6.32. The second kappa shape index (κ2) is 8.60. The third kappa shape index (κ3) is 4.70. The van der Waals surface area contributed by atoms with Gasteiger partial charge in [-0.05, 0) is 48.5 Å². The summed E-state index contributed by atoms with van der Waals surface area (Å²) in [6.45, 7) is 0.174. The highest BCUT2D eigenvalue weighted by Crippen LogP contribution is 2.28. The molecule has 0 heterocycles. The van der Waals surface area contributed by atoms with E-state index in [2.05, 4.69) is 15.6 Å². The number of carbonyl (C=O) groups excluding carboxylic acids is 1. The number of phenols is 1. The lowest BCUT2D eigenvalue weighted by molar-refractivity contribution is -0.111. The van der Waals surface area contributed by atoms with Crippen LogP contribution in [0.3, 0.4) is 0 Å². The summed E-state index contributed by atoms with van der Waals surface area (Å²) in [5, 5.41) is 24.9. The number of anilines is 2. The molecule has 0 atom stereocenters. The highest BCUT2D eigenvalue weighted by atomic mass is 35.5. The first-order valence-electron chi connectivity index (χ1n) is 8.49. The molecule has 0 unspecified atom stereocenters. The van der Waals surface area contributed by atoms with Gasteiger partial charge in [-0.1, -0.05) is 11.6 Å². The summed E-state index contributed by atoms with van der Waals surface area (Å²) in [7, 11) is 0. The molecule has 0 radical (unpaired) electrons. The smallest absolute Gasteiger partial charge is 0.204 e. The number of ketones is 1. The van der Waals surface area contributed by atoms with Crippen LogP contribution in [-0.4, -0.2) is 34.9 Å². The van der Waals surface area contributed by atoms with E-state index in [1.807, 2.05) is 0 Å². The average molecular weight is 399 g/mol. The van der Waals surface area contributed by atoms with Crippen LogP contribution in [-0.2, 0) is 4.79 Å². The van der Waals surface area contributed by atoms with Crippen molar-refractivity contribution in [2.45, 2.75) is 0 Å². The van der Waals surface area contributed by atoms with Gasteiger partial charge in [0.1, 0.15) is 5.75 Å². The standard InChI is InChI=1S/C20H19ClN4O3/c21-15-9-14(5-6-19(15)27)25-17-10-18(20(28)11-16(17)23-7-8-26)24-13-3-1-12(22)2-4-13/h1-6,9-11,23-24,26-27H,7-8,22H2/b25-17-. The number of allylic oxidation sites excluding steroid dienone is 2. The first kappa shape index (κ1) is 19.5. The highest BCUT2D eigenvalue weighted by Gasteiger charge is 2.19. The number of nitrogen functional groups attached to an aromatic ring is 1. The first-order valence-corrected chi connectivity index (χ1v) is 8.86. The molecule has 0 aromatic heterocycles. The van der Waals surface area contributed by atoms with Gasteiger partial charge in [-0.2, -0.15) is 0 Å². The van der Waals surface area contributed by atoms with E-state index in [1.54, 1.807) is 36.4 Å². The van der Waals surface area contributed by atoms with Gasteiger partial charge >= 0.3 is 0 Å². The number of aliphatic imine (C=N–C) groups is 1. The zero-order chi connectivity index (χ0) is 20.1. The minimum absolute atomic E-state index is 0.0418. The molecule has 0 bridgehead atoms. The molecule has 1 aliphatic rings. The Hall–Kier alpha value is -3.29. The largest absolute Gasteiger partial charge is 0.506 e. The molecule has 0 spiro atoms. The van der Waals surface area contributed by atoms with Crippen LogP contribution >= 0.6 is 11.6 Å². The zero-order valence-corrected chi connectivity index (χ0v) is 15.6. The molecule has 0 aliphatic heterocycles. The molecule has 7 nitrogen and oxygen atoms in total. The number of aromatic hydroxyl groups is 1. The Kier molecular flexibility index (Phi) is 5.98. The normalized spacial score (nSPS) is 15.2. The van der Waals surface area contributed by atoms with Crippen LogP contribution in [0.5, 0.6) is 5.75 Å². The van der Waals surface area contributed by atoms with Gasteiger partial charge in [0, 0.05) is 24.0 Å². The van der Waals surface area contributed by atoms with E-state index in [4.69, 9.17) is 22.4 Å². The lowest BCUT2D eigenvalue weighted by Gasteiger charge is -2.18. The molecule has 2 aromatic carbocycles. The van der Waals surface area contributed by atoms with Crippen LogP contribution in [0.25, 0.3) is 0 Å². The number of nitrogens with zero attached hydrogens (tertiary/aromatic N) is 1. The quantitative estimate of drug-likeness (QED) is 0.377. The van der Waals surface area contributed by atoms with Crippen molar-refractivity contribution in [2.75, 3.05) is 24.2 Å². The number of rotatable bonds is 6. The molecule has 8 heteroatoms. The molecule has 28 heavy (non-hydrogen) atoms. The number of carbonyl (C=O) groups is 1. The number of hydrogen-bond acceptors (Lipinski definition) is 7. The van der Waals surface area contributed by atoms with Gasteiger partial charge in [-0.25, -0.2) is 4.99 Å². The van der Waals surface area contributed by atoms with Gasteiger partial charge in [0.15, 0.2) is 0 Å². The number of halogens is 1. The van der Waals surface area contributed by atoms with Crippen molar-refractivity contribution in [3.63, 3.8) is 0 Å². The van der Waals surface area contributed by atoms with E-state index in [9.17, 15) is 9.90 Å². The topological polar surface area (TPSA) is 120 Å². The van der Waals surface area contributed by atoms with E-state index in [-0.39, 0.29) is 29.7 Å². The van der Waals surface area contributed by atoms with Crippen molar-refractivity contribution < 1.29 is 15.0 Å². The number of aliphatic hydroxyl groups is 1. The monoisotopic (exact) mass is 398 g/mol. The minimum Gasteiger partial charge on any atom is -0.506 e. The van der Waals surface area contributed by atoms with Gasteiger partial charge < -0.3 is 26.6 Å². The second-order valence-electron chi connectivity index (χ2n) is 6.01. The molecule has 2 aromatic rings. The third-order valence-electron chi connectivity index (χ3n) is 3.90. The van der Waals surface area contributed by atoms with Crippen molar-refractivity contribution in [1.82, 2.24) is 5.32 Å². The predicted molar refractivity (Wildman–Crippen MR) is 111 cm³/mol. The number of benzene rings is 2. The van der Waals surface area contributed by atoms with Gasteiger partial charge in [-0.15, -0.1) is 0 Å². The number of nitrogens with one attached hydrogen (secondary N) is 2. The Morgan fingerprint density at radius 3 is 2.50 bits per heavy atom. The molecule has 0 saturated heterocycles. The lowest BCUT2D eigenvalue weighted by atomic mass is 10.0. The number of hydrogen-bond donors (Lipinski definition) is 5. The van der Waals surface area contributed by atoms with Crippen LogP contribution < -0.4 is 16.4 Å². The van der Waals surface area contributed by atoms with Crippen LogP contribution in [0, 0.1) is 0 Å². The molecule has 1 aliphatic carbocycles. The van der Waals surface area contributed by atoms with Crippen LogP contribution in [0.4, 0.5) is 17.1 Å². The van der Waals surface area contributed by atoms with Gasteiger partial charge in [0.05, 0.1) is 34.4 Å². The van der Waals surface area contributed by atoms with E-state index >= 15 is 0 Å². The van der Waals surface area contributed by atoms with Crippen molar-refractivity contribution in [2.24, 2.45) is 4.99 Å². The SMILES string of the molecule is Nc1ccc(NC2=C/C(=N/c3ccc(O)c(Cl)c3)C(NCCO)=CC2=O)cc1. The molecule has 144 valence electrons. The number of phenolic OH excluding ortho intramolecular Hbond substituents is 1. The fraction of sp³-hybridized carbons (Fsp3) is 0.100. The molecule has 6 N–H and O–H groups in total. The first-order chi connectivity index (χ1) is 13.5. The lowest BCUT2D eigenvalue weighted by Crippen LogP contribution is -2.28. The second-order valence-corrected chi connectivity index (χ2v) is 6.42. The summed E-state index contributed by atoms with van der Waals surface area (Å²) >= 11 is 5.95. The maximum absolute atomic E-state index is 12.5. The molecule has 0 amide bonds. The van der Waals surface area contributed by atoms with Crippen molar-refractivity contribution in [3.8, 4) is 5.75 Å². The predicted octanol–water partition coefficient (Wildman–Crippen LogP) is 2.74. The third-order valence-corrected chi connectivity index (χ3v) is 4.20. The van der Waals surface area contributed by atoms with Crippen molar-refractivity contribution in [3.05, 3.63) is 71.0 Å². The van der Waals surface area contributed by atoms with Crippen LogP contribution in [0.1, 0.15) is 0 Å². The Balaban J connectivity index is 1.95. The Morgan fingerprint density at radius 1 is 1.07 bits per heavy atom. The summed E-state index contributed by atoms with van der Waals surface area (Å²) in [4.78, 5) is 17.0. The fourth-order valence-electron chi connectivity index (χ4n) is 2.52. The van der Waals surface area contributed by atoms with Crippen molar-refractivity contribution in [1.29, 1.82) is 0 Å². The fourth-order valence-corrected chi connectivity index (χ4v) is 2.69. The maximum Gasteiger partial charge on any atom is 0.204 e. The Morgan fingerprint density at radius 2 is 1.82 bits per heavy atom.